The van der Waals surface area contributed by atoms with Crippen LogP contribution in [0.1, 0.15) is 46.6 Å². The number of esters is 1. The zero-order valence-corrected chi connectivity index (χ0v) is 22.5. The molecule has 1 heterocycles. The van der Waals surface area contributed by atoms with Crippen molar-refractivity contribution in [3.63, 3.8) is 0 Å². The number of carbonyl (C=O) groups is 3. The van der Waals surface area contributed by atoms with Gasteiger partial charge in [-0.05, 0) is 45.1 Å². The average molecular weight is 551 g/mol. The molecular weight excluding hydrogens is 515 g/mol. The van der Waals surface area contributed by atoms with E-state index in [1.54, 1.807) is 69.9 Å². The van der Waals surface area contributed by atoms with Crippen molar-refractivity contribution >= 4 is 18.0 Å². The summed E-state index contributed by atoms with van der Waals surface area (Å²) < 4.78 is 24.5. The lowest BCUT2D eigenvalue weighted by Gasteiger charge is -2.27. The number of aromatic amines is 1. The van der Waals surface area contributed by atoms with E-state index in [0.29, 0.717) is 10.8 Å². The number of H-pyrrole nitrogens is 1. The van der Waals surface area contributed by atoms with Crippen molar-refractivity contribution in [3.05, 3.63) is 68.7 Å². The van der Waals surface area contributed by atoms with Gasteiger partial charge in [-0.2, -0.15) is 4.39 Å². The summed E-state index contributed by atoms with van der Waals surface area (Å²) in [6.45, 7) is 7.84. The molecule has 4 N–H and O–H groups in total. The highest BCUT2D eigenvalue weighted by Gasteiger charge is 2.33. The number of amides is 2. The second kappa shape index (κ2) is 13.7. The highest BCUT2D eigenvalue weighted by Crippen LogP contribution is 2.12. The molecule has 2 aromatic rings. The minimum atomic E-state index is -1.78. The maximum atomic E-state index is 13.5. The van der Waals surface area contributed by atoms with Crippen LogP contribution in [-0.4, -0.2) is 56.4 Å². The minimum absolute atomic E-state index is 0.0780. The maximum absolute atomic E-state index is 13.5. The summed E-state index contributed by atoms with van der Waals surface area (Å²) in [5, 5.41) is 15.8. The molecule has 0 fully saturated rings. The molecule has 12 nitrogen and oxygen atoms in total. The molecule has 0 aliphatic heterocycles. The molecule has 0 aliphatic carbocycles. The van der Waals surface area contributed by atoms with Crippen LogP contribution in [-0.2, 0) is 32.2 Å². The molecule has 3 atom stereocenters. The van der Waals surface area contributed by atoms with Gasteiger partial charge in [-0.1, -0.05) is 44.2 Å². The van der Waals surface area contributed by atoms with Crippen LogP contribution in [0, 0.1) is 11.7 Å². The van der Waals surface area contributed by atoms with Crippen LogP contribution in [0.5, 0.6) is 0 Å². The fourth-order valence-corrected chi connectivity index (χ4v) is 3.51. The van der Waals surface area contributed by atoms with E-state index in [2.05, 4.69) is 10.6 Å². The third kappa shape index (κ3) is 10.3. The number of aliphatic hydroxyl groups excluding tert-OH is 1. The van der Waals surface area contributed by atoms with Crippen molar-refractivity contribution in [1.29, 1.82) is 0 Å². The van der Waals surface area contributed by atoms with Gasteiger partial charge in [-0.15, -0.1) is 0 Å². The topological polar surface area (TPSA) is 169 Å². The second-order valence-corrected chi connectivity index (χ2v) is 10.4. The Morgan fingerprint density at radius 3 is 2.33 bits per heavy atom. The fourth-order valence-electron chi connectivity index (χ4n) is 3.51. The Hall–Kier alpha value is -4.00. The molecule has 0 radical (unpaired) electrons. The molecule has 1 aromatic carbocycles. The van der Waals surface area contributed by atoms with E-state index in [4.69, 9.17) is 9.47 Å². The lowest BCUT2D eigenvalue weighted by atomic mass is 9.99. The van der Waals surface area contributed by atoms with Crippen molar-refractivity contribution in [2.75, 3.05) is 0 Å². The first-order valence-corrected chi connectivity index (χ1v) is 12.3. The van der Waals surface area contributed by atoms with E-state index < -0.39 is 65.6 Å². The summed E-state index contributed by atoms with van der Waals surface area (Å²) in [6, 6.07) is 6.49. The summed E-state index contributed by atoms with van der Waals surface area (Å²) >= 11 is 0. The standard InChI is InChI=1S/C26H35FN4O8/c1-15(2)11-19(23(35)38-14-31-13-17(27)21(33)30-24(31)36)28-22(34)20(32)18(12-16-9-7-6-8-10-16)29-25(37)39-26(3,4)5/h6-10,13,15,18-20,32H,11-12,14H2,1-5H3,(H,28,34)(H,29,37)(H,30,33,36). The molecule has 0 saturated carbocycles. The fraction of sp³-hybridized carbons (Fsp3) is 0.500. The lowest BCUT2D eigenvalue weighted by molar-refractivity contribution is -0.153. The molecule has 2 rings (SSSR count). The Labute approximate surface area is 224 Å². The van der Waals surface area contributed by atoms with Gasteiger partial charge in [0.05, 0.1) is 12.2 Å². The van der Waals surface area contributed by atoms with Gasteiger partial charge in [-0.25, -0.2) is 14.4 Å². The van der Waals surface area contributed by atoms with Crippen molar-refractivity contribution in [2.24, 2.45) is 5.92 Å². The third-order valence-corrected chi connectivity index (χ3v) is 5.27. The Morgan fingerprint density at radius 2 is 1.74 bits per heavy atom. The summed E-state index contributed by atoms with van der Waals surface area (Å²) in [6.07, 6.45) is -1.85. The minimum Gasteiger partial charge on any atom is -0.444 e. The number of aliphatic hydroxyl groups is 1. The highest BCUT2D eigenvalue weighted by atomic mass is 19.1. The number of hydrogen-bond acceptors (Lipinski definition) is 8. The van der Waals surface area contributed by atoms with Gasteiger partial charge in [0, 0.05) is 0 Å². The van der Waals surface area contributed by atoms with Crippen molar-refractivity contribution in [3.8, 4) is 0 Å². The molecule has 1 aromatic heterocycles. The predicted octanol–water partition coefficient (Wildman–Crippen LogP) is 1.20. The van der Waals surface area contributed by atoms with E-state index in [9.17, 15) is 33.5 Å². The largest absolute Gasteiger partial charge is 0.444 e. The van der Waals surface area contributed by atoms with Gasteiger partial charge in [0.25, 0.3) is 11.5 Å². The number of carbonyl (C=O) groups excluding carboxylic acids is 3. The molecular formula is C26H35FN4O8. The summed E-state index contributed by atoms with van der Waals surface area (Å²) in [4.78, 5) is 63.0. The molecule has 0 aliphatic rings. The average Bonchev–Trinajstić information content (AvgIpc) is 2.83. The number of alkyl carbamates (subject to hydrolysis) is 1. The quantitative estimate of drug-likeness (QED) is 0.303. The smallest absolute Gasteiger partial charge is 0.407 e. The first-order chi connectivity index (χ1) is 18.2. The molecule has 39 heavy (non-hydrogen) atoms. The van der Waals surface area contributed by atoms with E-state index in [0.717, 1.165) is 5.56 Å². The molecule has 0 spiro atoms. The summed E-state index contributed by atoms with van der Waals surface area (Å²) in [5.74, 6) is -3.26. The molecule has 0 bridgehead atoms. The number of ether oxygens (including phenoxy) is 2. The van der Waals surface area contributed by atoms with Crippen LogP contribution >= 0.6 is 0 Å². The molecule has 13 heteroatoms. The Morgan fingerprint density at radius 1 is 1.10 bits per heavy atom. The zero-order chi connectivity index (χ0) is 29.3. The second-order valence-electron chi connectivity index (χ2n) is 10.4. The van der Waals surface area contributed by atoms with E-state index >= 15 is 0 Å². The summed E-state index contributed by atoms with van der Waals surface area (Å²) in [7, 11) is 0. The van der Waals surface area contributed by atoms with Crippen LogP contribution in [0.4, 0.5) is 9.18 Å². The SMILES string of the molecule is CC(C)CC(NC(=O)C(O)C(Cc1ccccc1)NC(=O)OC(C)(C)C)C(=O)OCn1cc(F)c(=O)[nH]c1=O. The van der Waals surface area contributed by atoms with Crippen LogP contribution in [0.15, 0.2) is 46.1 Å². The molecule has 0 saturated heterocycles. The Balaban J connectivity index is 2.17. The normalized spacial score (nSPS) is 13.7. The Bertz CT molecular complexity index is 1250. The number of aromatic nitrogens is 2. The van der Waals surface area contributed by atoms with E-state index in [1.165, 1.54) is 0 Å². The van der Waals surface area contributed by atoms with Crippen molar-refractivity contribution in [2.45, 2.75) is 78.0 Å². The number of halogens is 1. The van der Waals surface area contributed by atoms with Gasteiger partial charge in [-0.3, -0.25) is 19.1 Å². The number of hydrogen-bond donors (Lipinski definition) is 4. The van der Waals surface area contributed by atoms with Gasteiger partial charge in [0.2, 0.25) is 5.82 Å². The molecule has 214 valence electrons. The molecule has 2 amide bonds. The predicted molar refractivity (Wildman–Crippen MR) is 138 cm³/mol. The zero-order valence-electron chi connectivity index (χ0n) is 22.5. The van der Waals surface area contributed by atoms with Gasteiger partial charge < -0.3 is 25.2 Å². The lowest BCUT2D eigenvalue weighted by Crippen LogP contribution is -2.55. The van der Waals surface area contributed by atoms with Crippen molar-refractivity contribution in [1.82, 2.24) is 20.2 Å². The first-order valence-electron chi connectivity index (χ1n) is 12.3. The van der Waals surface area contributed by atoms with Crippen LogP contribution in [0.3, 0.4) is 0 Å². The maximum Gasteiger partial charge on any atom is 0.407 e. The Kier molecular flexibility index (Phi) is 11.0. The summed E-state index contributed by atoms with van der Waals surface area (Å²) in [5.41, 5.74) is -2.31. The van der Waals surface area contributed by atoms with E-state index in [-0.39, 0.29) is 18.8 Å². The van der Waals surface area contributed by atoms with Gasteiger partial charge in [0.15, 0.2) is 12.8 Å². The van der Waals surface area contributed by atoms with Crippen molar-refractivity contribution < 1.29 is 33.4 Å². The van der Waals surface area contributed by atoms with Crippen LogP contribution in [0.25, 0.3) is 0 Å². The number of nitrogens with one attached hydrogen (secondary N) is 3. The number of nitrogens with zero attached hydrogens (tertiary/aromatic N) is 1. The van der Waals surface area contributed by atoms with Crippen LogP contribution < -0.4 is 21.9 Å². The van der Waals surface area contributed by atoms with E-state index in [1.807, 2.05) is 0 Å². The molecule has 3 unspecified atom stereocenters. The number of rotatable bonds is 11. The highest BCUT2D eigenvalue weighted by molar-refractivity contribution is 5.87. The van der Waals surface area contributed by atoms with Gasteiger partial charge in [0.1, 0.15) is 11.6 Å². The van der Waals surface area contributed by atoms with Gasteiger partial charge >= 0.3 is 17.8 Å². The third-order valence-electron chi connectivity index (χ3n) is 5.27. The number of benzene rings is 1. The monoisotopic (exact) mass is 550 g/mol. The van der Waals surface area contributed by atoms with Crippen LogP contribution in [0.2, 0.25) is 0 Å². The first kappa shape index (κ1) is 31.2.